The van der Waals surface area contributed by atoms with Gasteiger partial charge in [-0.1, -0.05) is 0 Å². The van der Waals surface area contributed by atoms with Gasteiger partial charge in [-0.3, -0.25) is 4.79 Å². The number of hydrogen-bond donors (Lipinski definition) is 1. The lowest BCUT2D eigenvalue weighted by Crippen LogP contribution is -2.47. The van der Waals surface area contributed by atoms with E-state index in [-0.39, 0.29) is 17.3 Å². The summed E-state index contributed by atoms with van der Waals surface area (Å²) in [5.41, 5.74) is 0. The van der Waals surface area contributed by atoms with E-state index in [0.29, 0.717) is 6.54 Å². The minimum Gasteiger partial charge on any atom is -0.374 e. The van der Waals surface area contributed by atoms with E-state index in [1.807, 2.05) is 11.9 Å². The molecule has 92 valence electrons. The smallest absolute Gasteiger partial charge is 0.235 e. The van der Waals surface area contributed by atoms with Crippen molar-refractivity contribution in [2.75, 3.05) is 39.0 Å². The summed E-state index contributed by atoms with van der Waals surface area (Å²) in [4.78, 5) is 13.9. The molecule has 2 saturated heterocycles. The molecule has 16 heavy (non-hydrogen) atoms. The molecule has 0 radical (unpaired) electrons. The number of nitrogens with zero attached hydrogens (tertiary/aromatic N) is 1. The van der Waals surface area contributed by atoms with E-state index >= 15 is 0 Å². The van der Waals surface area contributed by atoms with Crippen LogP contribution in [0.4, 0.5) is 0 Å². The zero-order chi connectivity index (χ0) is 11.4. The highest BCUT2D eigenvalue weighted by atomic mass is 32.2. The van der Waals surface area contributed by atoms with Crippen molar-refractivity contribution < 1.29 is 9.53 Å². The Hall–Kier alpha value is -0.260. The number of thioether (sulfide) groups is 1. The van der Waals surface area contributed by atoms with Gasteiger partial charge in [-0.2, -0.15) is 0 Å². The van der Waals surface area contributed by atoms with Crippen LogP contribution in [0.25, 0.3) is 0 Å². The lowest BCUT2D eigenvalue weighted by Gasteiger charge is -2.29. The number of nitrogens with one attached hydrogen (secondary N) is 1. The number of ether oxygens (including phenoxy) is 1. The molecule has 0 aliphatic carbocycles. The van der Waals surface area contributed by atoms with Crippen LogP contribution in [0.15, 0.2) is 0 Å². The molecule has 0 aromatic heterocycles. The van der Waals surface area contributed by atoms with Crippen molar-refractivity contribution in [1.82, 2.24) is 10.2 Å². The third kappa shape index (κ3) is 3.12. The first-order chi connectivity index (χ1) is 7.77. The molecule has 0 aromatic carbocycles. The molecule has 1 amide bonds. The highest BCUT2D eigenvalue weighted by molar-refractivity contribution is 8.00. The number of likely N-dealkylation sites (N-methyl/N-ethyl adjacent to an activating group) is 1. The summed E-state index contributed by atoms with van der Waals surface area (Å²) in [5.74, 6) is 1.41. The largest absolute Gasteiger partial charge is 0.374 e. The van der Waals surface area contributed by atoms with Crippen LogP contribution >= 0.6 is 11.8 Å². The molecule has 2 aliphatic heterocycles. The highest BCUT2D eigenvalue weighted by Gasteiger charge is 2.27. The van der Waals surface area contributed by atoms with Crippen molar-refractivity contribution in [3.05, 3.63) is 0 Å². The number of amides is 1. The Morgan fingerprint density at radius 2 is 2.50 bits per heavy atom. The average Bonchev–Trinajstić information content (AvgIpc) is 2.83. The molecule has 1 N–H and O–H groups in total. The van der Waals surface area contributed by atoms with E-state index in [2.05, 4.69) is 5.32 Å². The lowest BCUT2D eigenvalue weighted by atomic mass is 10.2. The second-order valence-electron chi connectivity index (χ2n) is 4.42. The van der Waals surface area contributed by atoms with Gasteiger partial charge in [0.25, 0.3) is 0 Å². The van der Waals surface area contributed by atoms with Gasteiger partial charge in [-0.15, -0.1) is 11.8 Å². The molecule has 2 aliphatic rings. The Kier molecular flexibility index (Phi) is 4.49. The van der Waals surface area contributed by atoms with Crippen LogP contribution in [0.5, 0.6) is 0 Å². The molecule has 0 aromatic rings. The predicted molar refractivity (Wildman–Crippen MR) is 65.7 cm³/mol. The molecule has 0 spiro atoms. The molecular formula is C11H20N2O2S. The molecule has 4 nitrogen and oxygen atoms in total. The second-order valence-corrected chi connectivity index (χ2v) is 5.73. The Morgan fingerprint density at radius 3 is 3.12 bits per heavy atom. The van der Waals surface area contributed by atoms with E-state index in [0.717, 1.165) is 31.9 Å². The third-order valence-electron chi connectivity index (χ3n) is 3.06. The SMILES string of the molecule is CN(CC1CNCCO1)C(=O)C1CCCS1. The first-order valence-electron chi connectivity index (χ1n) is 5.96. The maximum absolute atomic E-state index is 12.0. The Labute approximate surface area is 101 Å². The molecule has 2 fully saturated rings. The molecular weight excluding hydrogens is 224 g/mol. The van der Waals surface area contributed by atoms with Crippen molar-refractivity contribution in [3.63, 3.8) is 0 Å². The van der Waals surface area contributed by atoms with Crippen molar-refractivity contribution in [2.24, 2.45) is 0 Å². The van der Waals surface area contributed by atoms with Gasteiger partial charge >= 0.3 is 0 Å². The summed E-state index contributed by atoms with van der Waals surface area (Å²) in [6.07, 6.45) is 2.38. The number of carbonyl (C=O) groups excluding carboxylic acids is 1. The number of rotatable bonds is 3. The zero-order valence-electron chi connectivity index (χ0n) is 9.78. The lowest BCUT2D eigenvalue weighted by molar-refractivity contribution is -0.131. The van der Waals surface area contributed by atoms with Crippen molar-refractivity contribution >= 4 is 17.7 Å². The van der Waals surface area contributed by atoms with Crippen molar-refractivity contribution in [2.45, 2.75) is 24.2 Å². The topological polar surface area (TPSA) is 41.6 Å². The van der Waals surface area contributed by atoms with Gasteiger partial charge in [0, 0.05) is 26.7 Å². The summed E-state index contributed by atoms with van der Waals surface area (Å²) in [5, 5.41) is 3.48. The fourth-order valence-electron chi connectivity index (χ4n) is 2.15. The van der Waals surface area contributed by atoms with Crippen LogP contribution < -0.4 is 5.32 Å². The van der Waals surface area contributed by atoms with E-state index in [4.69, 9.17) is 4.74 Å². The molecule has 2 unspecified atom stereocenters. The minimum atomic E-state index is 0.161. The molecule has 5 heteroatoms. The number of morpholine rings is 1. The van der Waals surface area contributed by atoms with Gasteiger partial charge in [0.2, 0.25) is 5.91 Å². The fraction of sp³-hybridized carbons (Fsp3) is 0.909. The van der Waals surface area contributed by atoms with Crippen LogP contribution in [0.3, 0.4) is 0 Å². The first kappa shape index (κ1) is 12.2. The van der Waals surface area contributed by atoms with Crippen molar-refractivity contribution in [3.8, 4) is 0 Å². The fourth-order valence-corrected chi connectivity index (χ4v) is 3.42. The molecule has 0 saturated carbocycles. The molecule has 0 bridgehead atoms. The van der Waals surface area contributed by atoms with Crippen LogP contribution in [0.1, 0.15) is 12.8 Å². The van der Waals surface area contributed by atoms with Gasteiger partial charge in [-0.05, 0) is 18.6 Å². The maximum Gasteiger partial charge on any atom is 0.235 e. The quantitative estimate of drug-likeness (QED) is 0.777. The normalized spacial score (nSPS) is 30.3. The maximum atomic E-state index is 12.0. The summed E-state index contributed by atoms with van der Waals surface area (Å²) in [6.45, 7) is 3.25. The van der Waals surface area contributed by atoms with Gasteiger partial charge < -0.3 is 15.0 Å². The standard InChI is InChI=1S/C11H20N2O2S/c1-13(8-9-7-12-4-5-15-9)11(14)10-3-2-6-16-10/h9-10,12H,2-8H2,1H3. The summed E-state index contributed by atoms with van der Waals surface area (Å²) in [7, 11) is 1.89. The third-order valence-corrected chi connectivity index (χ3v) is 4.43. The first-order valence-corrected chi connectivity index (χ1v) is 7.01. The van der Waals surface area contributed by atoms with Crippen LogP contribution in [0, 0.1) is 0 Å². The predicted octanol–water partition coefficient (Wildman–Crippen LogP) is 0.329. The Bertz CT molecular complexity index is 238. The molecule has 2 rings (SSSR count). The van der Waals surface area contributed by atoms with Crippen molar-refractivity contribution in [1.29, 1.82) is 0 Å². The van der Waals surface area contributed by atoms with Crippen LogP contribution in [-0.4, -0.2) is 61.2 Å². The van der Waals surface area contributed by atoms with Crippen LogP contribution in [0.2, 0.25) is 0 Å². The Balaban J connectivity index is 1.77. The van der Waals surface area contributed by atoms with E-state index < -0.39 is 0 Å². The number of hydrogen-bond acceptors (Lipinski definition) is 4. The van der Waals surface area contributed by atoms with E-state index in [1.54, 1.807) is 11.8 Å². The minimum absolute atomic E-state index is 0.161. The monoisotopic (exact) mass is 244 g/mol. The molecule has 2 atom stereocenters. The number of carbonyl (C=O) groups is 1. The zero-order valence-corrected chi connectivity index (χ0v) is 10.6. The van der Waals surface area contributed by atoms with E-state index in [1.165, 1.54) is 6.42 Å². The van der Waals surface area contributed by atoms with Gasteiger partial charge in [0.05, 0.1) is 18.0 Å². The summed E-state index contributed by atoms with van der Waals surface area (Å²) < 4.78 is 5.60. The Morgan fingerprint density at radius 1 is 1.62 bits per heavy atom. The highest BCUT2D eigenvalue weighted by Crippen LogP contribution is 2.27. The summed E-state index contributed by atoms with van der Waals surface area (Å²) in [6, 6.07) is 0. The van der Waals surface area contributed by atoms with Crippen LogP contribution in [-0.2, 0) is 9.53 Å². The molecule has 2 heterocycles. The van der Waals surface area contributed by atoms with Gasteiger partial charge in [-0.25, -0.2) is 0 Å². The summed E-state index contributed by atoms with van der Waals surface area (Å²) >= 11 is 1.79. The second kappa shape index (κ2) is 5.89. The average molecular weight is 244 g/mol. The van der Waals surface area contributed by atoms with Gasteiger partial charge in [0.1, 0.15) is 0 Å². The van der Waals surface area contributed by atoms with Gasteiger partial charge in [0.15, 0.2) is 0 Å². The van der Waals surface area contributed by atoms with E-state index in [9.17, 15) is 4.79 Å².